The second-order valence-electron chi connectivity index (χ2n) is 5.72. The van der Waals surface area contributed by atoms with Crippen LogP contribution >= 0.6 is 11.3 Å². The van der Waals surface area contributed by atoms with Crippen LogP contribution < -0.4 is 15.5 Å². The van der Waals surface area contributed by atoms with Gasteiger partial charge in [-0.15, -0.1) is 11.3 Å². The first-order chi connectivity index (χ1) is 12.6. The first-order valence-electron chi connectivity index (χ1n) is 8.10. The molecule has 26 heavy (non-hydrogen) atoms. The highest BCUT2D eigenvalue weighted by atomic mass is 32.1. The number of anilines is 2. The summed E-state index contributed by atoms with van der Waals surface area (Å²) in [4.78, 5) is 30.9. The van der Waals surface area contributed by atoms with Crippen LogP contribution in [0.2, 0.25) is 0 Å². The van der Waals surface area contributed by atoms with E-state index in [0.717, 1.165) is 18.2 Å². The number of para-hydroxylation sites is 1. The zero-order valence-electron chi connectivity index (χ0n) is 14.2. The van der Waals surface area contributed by atoms with Crippen LogP contribution in [0.15, 0.2) is 29.6 Å². The van der Waals surface area contributed by atoms with E-state index in [1.54, 1.807) is 36.8 Å². The van der Waals surface area contributed by atoms with Gasteiger partial charge in [-0.2, -0.15) is 0 Å². The highest BCUT2D eigenvalue weighted by Crippen LogP contribution is 2.26. The molecule has 0 aliphatic carbocycles. The van der Waals surface area contributed by atoms with Gasteiger partial charge in [0.25, 0.3) is 11.8 Å². The number of halogens is 1. The predicted molar refractivity (Wildman–Crippen MR) is 97.8 cm³/mol. The summed E-state index contributed by atoms with van der Waals surface area (Å²) in [5.41, 5.74) is 0.909. The van der Waals surface area contributed by atoms with Gasteiger partial charge in [0.05, 0.1) is 17.4 Å². The van der Waals surface area contributed by atoms with E-state index in [1.807, 2.05) is 4.90 Å². The maximum atomic E-state index is 12.5. The van der Waals surface area contributed by atoms with Gasteiger partial charge in [0.15, 0.2) is 5.13 Å². The smallest absolute Gasteiger partial charge is 0.275 e. The molecule has 0 radical (unpaired) electrons. The lowest BCUT2D eigenvalue weighted by molar-refractivity contribution is 0.0787. The summed E-state index contributed by atoms with van der Waals surface area (Å²) < 4.78 is 17.5. The maximum Gasteiger partial charge on any atom is 0.275 e. The molecule has 2 N–H and O–H groups in total. The number of hydrogen-bond acceptors (Lipinski definition) is 6. The summed E-state index contributed by atoms with van der Waals surface area (Å²) in [7, 11) is 1.67. The van der Waals surface area contributed by atoms with Crippen LogP contribution in [0, 0.1) is 0 Å². The largest absolute Gasteiger partial charge is 0.378 e. The van der Waals surface area contributed by atoms with Gasteiger partial charge in [0.1, 0.15) is 12.4 Å². The number of ether oxygens (including phenoxy) is 1. The van der Waals surface area contributed by atoms with E-state index >= 15 is 0 Å². The number of rotatable bonds is 7. The van der Waals surface area contributed by atoms with Crippen molar-refractivity contribution in [2.45, 2.75) is 6.10 Å². The molecule has 2 heterocycles. The molecule has 1 aromatic heterocycles. The van der Waals surface area contributed by atoms with Crippen molar-refractivity contribution in [1.82, 2.24) is 10.3 Å². The molecule has 1 aromatic carbocycles. The quantitative estimate of drug-likeness (QED) is 0.769. The number of hydrogen-bond donors (Lipinski definition) is 2. The van der Waals surface area contributed by atoms with Crippen LogP contribution in [0.25, 0.3) is 0 Å². The molecule has 9 heteroatoms. The minimum absolute atomic E-state index is 0.0745. The van der Waals surface area contributed by atoms with Crippen LogP contribution in [0.5, 0.6) is 0 Å². The van der Waals surface area contributed by atoms with Gasteiger partial charge in [-0.1, -0.05) is 12.1 Å². The van der Waals surface area contributed by atoms with Crippen molar-refractivity contribution in [3.05, 3.63) is 40.9 Å². The van der Waals surface area contributed by atoms with E-state index in [2.05, 4.69) is 15.6 Å². The second kappa shape index (κ2) is 8.24. The zero-order valence-corrected chi connectivity index (χ0v) is 15.0. The van der Waals surface area contributed by atoms with Gasteiger partial charge in [0.2, 0.25) is 0 Å². The molecule has 0 spiro atoms. The molecule has 1 fully saturated rings. The standard InChI is InChI=1S/C17H19FN4O3S/c1-25-11-8-22(9-11)17-21-14(10-26-17)16(24)20-13-5-3-2-4-12(13)15(23)19-7-6-18/h2-5,10-11H,6-9H2,1H3,(H,19,23)(H,20,24). The Kier molecular flexibility index (Phi) is 5.79. The molecule has 2 amide bonds. The van der Waals surface area contributed by atoms with Gasteiger partial charge in [-0.3, -0.25) is 9.59 Å². The first-order valence-corrected chi connectivity index (χ1v) is 8.98. The molecule has 1 aliphatic heterocycles. The number of aromatic nitrogens is 1. The van der Waals surface area contributed by atoms with Gasteiger partial charge in [0, 0.05) is 32.1 Å². The highest BCUT2D eigenvalue weighted by Gasteiger charge is 2.29. The van der Waals surface area contributed by atoms with Crippen molar-refractivity contribution in [2.75, 3.05) is 43.6 Å². The lowest BCUT2D eigenvalue weighted by atomic mass is 10.1. The summed E-state index contributed by atoms with van der Waals surface area (Å²) in [6, 6.07) is 6.57. The van der Waals surface area contributed by atoms with E-state index < -0.39 is 18.5 Å². The van der Waals surface area contributed by atoms with Gasteiger partial charge in [-0.05, 0) is 12.1 Å². The van der Waals surface area contributed by atoms with E-state index in [-0.39, 0.29) is 23.9 Å². The molecule has 1 aliphatic rings. The Morgan fingerprint density at radius 3 is 2.85 bits per heavy atom. The van der Waals surface area contributed by atoms with Crippen molar-refractivity contribution >= 4 is 34.0 Å². The molecule has 2 aromatic rings. The predicted octanol–water partition coefficient (Wildman–Crippen LogP) is 1.93. The van der Waals surface area contributed by atoms with Crippen LogP contribution in [0.3, 0.4) is 0 Å². The van der Waals surface area contributed by atoms with E-state index in [1.165, 1.54) is 11.3 Å². The number of thiazole rings is 1. The number of nitrogens with zero attached hydrogens (tertiary/aromatic N) is 2. The third-order valence-corrected chi connectivity index (χ3v) is 4.88. The second-order valence-corrected chi connectivity index (χ2v) is 6.56. The van der Waals surface area contributed by atoms with Gasteiger partial charge >= 0.3 is 0 Å². The normalized spacial score (nSPS) is 14.0. The number of benzene rings is 1. The number of amides is 2. The Morgan fingerprint density at radius 2 is 2.12 bits per heavy atom. The first kappa shape index (κ1) is 18.3. The highest BCUT2D eigenvalue weighted by molar-refractivity contribution is 7.14. The van der Waals surface area contributed by atoms with Crippen molar-refractivity contribution < 1.29 is 18.7 Å². The minimum Gasteiger partial charge on any atom is -0.378 e. The molecule has 0 unspecified atom stereocenters. The molecule has 0 saturated carbocycles. The van der Waals surface area contributed by atoms with Crippen LogP contribution in [-0.2, 0) is 4.74 Å². The van der Waals surface area contributed by atoms with E-state index in [0.29, 0.717) is 5.69 Å². The van der Waals surface area contributed by atoms with Crippen LogP contribution in [0.4, 0.5) is 15.2 Å². The lowest BCUT2D eigenvalue weighted by Crippen LogP contribution is -2.51. The average molecular weight is 378 g/mol. The fourth-order valence-corrected chi connectivity index (χ4v) is 3.32. The lowest BCUT2D eigenvalue weighted by Gasteiger charge is -2.37. The molecule has 0 bridgehead atoms. The van der Waals surface area contributed by atoms with Crippen molar-refractivity contribution in [3.63, 3.8) is 0 Å². The fraction of sp³-hybridized carbons (Fsp3) is 0.353. The summed E-state index contributed by atoms with van der Waals surface area (Å²) in [6.45, 7) is 0.780. The van der Waals surface area contributed by atoms with Crippen molar-refractivity contribution in [1.29, 1.82) is 0 Å². The van der Waals surface area contributed by atoms with Gasteiger partial charge in [-0.25, -0.2) is 9.37 Å². The van der Waals surface area contributed by atoms with E-state index in [4.69, 9.17) is 4.74 Å². The van der Waals surface area contributed by atoms with Crippen LogP contribution in [-0.4, -0.2) is 56.3 Å². The Hall–Kier alpha value is -2.52. The topological polar surface area (TPSA) is 83.6 Å². The molecule has 1 saturated heterocycles. The number of alkyl halides is 1. The summed E-state index contributed by atoms with van der Waals surface area (Å²) in [5, 5.41) is 7.59. The molecular weight excluding hydrogens is 359 g/mol. The molecular formula is C17H19FN4O3S. The Labute approximate surface area is 154 Å². The van der Waals surface area contributed by atoms with Crippen molar-refractivity contribution in [3.8, 4) is 0 Å². The number of methoxy groups -OCH3 is 1. The molecule has 0 atom stereocenters. The molecule has 3 rings (SSSR count). The summed E-state index contributed by atoms with van der Waals surface area (Å²) >= 11 is 1.38. The zero-order chi connectivity index (χ0) is 18.5. The Morgan fingerprint density at radius 1 is 1.35 bits per heavy atom. The molecule has 7 nitrogen and oxygen atoms in total. The average Bonchev–Trinajstić information content (AvgIpc) is 3.09. The van der Waals surface area contributed by atoms with Gasteiger partial charge < -0.3 is 20.3 Å². The third-order valence-electron chi connectivity index (χ3n) is 3.98. The summed E-state index contributed by atoms with van der Waals surface area (Å²) in [5.74, 6) is -0.842. The fourth-order valence-electron chi connectivity index (χ4n) is 2.49. The Balaban J connectivity index is 1.67. The minimum atomic E-state index is -0.651. The number of carbonyl (C=O) groups is 2. The van der Waals surface area contributed by atoms with Crippen molar-refractivity contribution in [2.24, 2.45) is 0 Å². The summed E-state index contributed by atoms with van der Waals surface area (Å²) in [6.07, 6.45) is 0.200. The number of carbonyl (C=O) groups excluding carboxylic acids is 2. The Bertz CT molecular complexity index is 792. The van der Waals surface area contributed by atoms with E-state index in [9.17, 15) is 14.0 Å². The third kappa shape index (κ3) is 4.00. The maximum absolute atomic E-state index is 12.5. The SMILES string of the molecule is COC1CN(c2nc(C(=O)Nc3ccccc3C(=O)NCCF)cs2)C1. The van der Waals surface area contributed by atoms with Crippen LogP contribution in [0.1, 0.15) is 20.8 Å². The number of nitrogens with one attached hydrogen (secondary N) is 2. The monoisotopic (exact) mass is 378 g/mol. The molecule has 138 valence electrons.